The number of carbonyl (C=O) groups excluding carboxylic acids is 2. The number of anilines is 1. The first kappa shape index (κ1) is 19.3. The molecular formula is C21H21N3O4S. The fourth-order valence-corrected chi connectivity index (χ4v) is 4.51. The van der Waals surface area contributed by atoms with Gasteiger partial charge in [-0.1, -0.05) is 6.07 Å². The van der Waals surface area contributed by atoms with E-state index in [1.807, 2.05) is 13.8 Å². The quantitative estimate of drug-likeness (QED) is 0.662. The molecule has 1 aromatic carbocycles. The Balaban J connectivity index is 1.56. The molecular weight excluding hydrogens is 390 g/mol. The third-order valence-electron chi connectivity index (χ3n) is 5.19. The third kappa shape index (κ3) is 3.55. The molecule has 3 aromatic rings. The Bertz CT molecular complexity index is 1180. The second-order valence-electron chi connectivity index (χ2n) is 7.16. The van der Waals surface area contributed by atoms with Crippen LogP contribution >= 0.6 is 11.3 Å². The summed E-state index contributed by atoms with van der Waals surface area (Å²) in [6.45, 7) is 6.16. The van der Waals surface area contributed by atoms with E-state index in [1.165, 1.54) is 11.3 Å². The number of fused-ring (bicyclic) bond motifs is 1. The lowest BCUT2D eigenvalue weighted by molar-refractivity contribution is -0.117. The molecule has 150 valence electrons. The predicted molar refractivity (Wildman–Crippen MR) is 112 cm³/mol. The van der Waals surface area contributed by atoms with Crippen LogP contribution in [0.4, 0.5) is 5.69 Å². The van der Waals surface area contributed by atoms with Gasteiger partial charge >= 0.3 is 5.97 Å². The van der Waals surface area contributed by atoms with Gasteiger partial charge in [-0.3, -0.25) is 9.59 Å². The van der Waals surface area contributed by atoms with Gasteiger partial charge in [0.05, 0.1) is 10.9 Å². The molecule has 0 aliphatic carbocycles. The van der Waals surface area contributed by atoms with Gasteiger partial charge in [0.25, 0.3) is 5.56 Å². The summed E-state index contributed by atoms with van der Waals surface area (Å²) in [7, 11) is 0. The molecule has 1 aliphatic heterocycles. The van der Waals surface area contributed by atoms with Gasteiger partial charge in [-0.05, 0) is 51.0 Å². The third-order valence-corrected chi connectivity index (χ3v) is 6.29. The van der Waals surface area contributed by atoms with Crippen LogP contribution in [0.2, 0.25) is 0 Å². The fourth-order valence-electron chi connectivity index (χ4n) is 3.47. The maximum Gasteiger partial charge on any atom is 0.338 e. The zero-order valence-corrected chi connectivity index (χ0v) is 17.3. The summed E-state index contributed by atoms with van der Waals surface area (Å²) in [5.74, 6) is -0.171. The van der Waals surface area contributed by atoms with Crippen LogP contribution in [0.1, 0.15) is 52.5 Å². The van der Waals surface area contributed by atoms with Gasteiger partial charge in [-0.15, -0.1) is 11.3 Å². The highest BCUT2D eigenvalue weighted by Crippen LogP contribution is 2.27. The van der Waals surface area contributed by atoms with Crippen molar-refractivity contribution in [2.75, 3.05) is 11.4 Å². The lowest BCUT2D eigenvalue weighted by Gasteiger charge is -2.17. The lowest BCUT2D eigenvalue weighted by atomic mass is 10.2. The number of carbonyl (C=O) groups is 2. The summed E-state index contributed by atoms with van der Waals surface area (Å²) in [5.41, 5.74) is 1.72. The number of aromatic amines is 1. The van der Waals surface area contributed by atoms with Crippen molar-refractivity contribution in [3.05, 3.63) is 56.4 Å². The standard InChI is InChI=1S/C21H21N3O4S/c1-11-13(3)29-20-17(11)19(26)22-18(23-20)12(2)28-21(27)14-6-4-7-15(10-14)24-9-5-8-16(24)25/h4,6-7,10,12H,5,8-9H2,1-3H3,(H,22,23,26)/t12-/m0/s1. The number of hydrogen-bond donors (Lipinski definition) is 1. The Kier molecular flexibility index (Phi) is 4.96. The Hall–Kier alpha value is -3.00. The first-order valence-electron chi connectivity index (χ1n) is 9.46. The maximum absolute atomic E-state index is 12.6. The number of nitrogens with one attached hydrogen (secondary N) is 1. The summed E-state index contributed by atoms with van der Waals surface area (Å²) in [5, 5.41) is 0.581. The molecule has 2 aromatic heterocycles. The highest BCUT2D eigenvalue weighted by atomic mass is 32.1. The Morgan fingerprint density at radius 1 is 1.31 bits per heavy atom. The minimum atomic E-state index is -0.723. The van der Waals surface area contributed by atoms with Gasteiger partial charge in [-0.25, -0.2) is 9.78 Å². The molecule has 0 unspecified atom stereocenters. The highest BCUT2D eigenvalue weighted by molar-refractivity contribution is 7.18. The number of benzene rings is 1. The molecule has 1 aliphatic rings. The molecule has 1 N–H and O–H groups in total. The van der Waals surface area contributed by atoms with E-state index in [-0.39, 0.29) is 11.5 Å². The van der Waals surface area contributed by atoms with E-state index in [4.69, 9.17) is 4.74 Å². The average Bonchev–Trinajstić information content (AvgIpc) is 3.25. The van der Waals surface area contributed by atoms with Crippen LogP contribution in [0, 0.1) is 13.8 Å². The van der Waals surface area contributed by atoms with Crippen molar-refractivity contribution in [1.82, 2.24) is 9.97 Å². The van der Waals surface area contributed by atoms with Gasteiger partial charge in [0.15, 0.2) is 11.9 Å². The number of aromatic nitrogens is 2. The number of ether oxygens (including phenoxy) is 1. The number of H-pyrrole nitrogens is 1. The molecule has 1 saturated heterocycles. The molecule has 0 bridgehead atoms. The van der Waals surface area contributed by atoms with E-state index in [0.29, 0.717) is 40.3 Å². The van der Waals surface area contributed by atoms with Crippen LogP contribution in [0.25, 0.3) is 10.2 Å². The first-order chi connectivity index (χ1) is 13.8. The second kappa shape index (κ2) is 7.44. The fraction of sp³-hybridized carbons (Fsp3) is 0.333. The Morgan fingerprint density at radius 2 is 2.10 bits per heavy atom. The smallest absolute Gasteiger partial charge is 0.338 e. The molecule has 7 nitrogen and oxygen atoms in total. The van der Waals surface area contributed by atoms with Gasteiger partial charge in [0.1, 0.15) is 4.83 Å². The predicted octanol–water partition coefficient (Wildman–Crippen LogP) is 3.65. The Morgan fingerprint density at radius 3 is 2.83 bits per heavy atom. The molecule has 1 fully saturated rings. The topological polar surface area (TPSA) is 92.4 Å². The van der Waals surface area contributed by atoms with Crippen LogP contribution in [0.5, 0.6) is 0 Å². The molecule has 1 amide bonds. The van der Waals surface area contributed by atoms with Crippen LogP contribution in [-0.2, 0) is 9.53 Å². The van der Waals surface area contributed by atoms with E-state index >= 15 is 0 Å². The largest absolute Gasteiger partial charge is 0.451 e. The number of esters is 1. The Labute approximate surface area is 171 Å². The zero-order valence-electron chi connectivity index (χ0n) is 16.4. The number of aryl methyl sites for hydroxylation is 2. The van der Waals surface area contributed by atoms with Crippen molar-refractivity contribution in [3.63, 3.8) is 0 Å². The number of nitrogens with zero attached hydrogens (tertiary/aromatic N) is 2. The van der Waals surface area contributed by atoms with Crippen molar-refractivity contribution in [3.8, 4) is 0 Å². The van der Waals surface area contributed by atoms with Gasteiger partial charge in [-0.2, -0.15) is 0 Å². The van der Waals surface area contributed by atoms with Crippen molar-refractivity contribution in [1.29, 1.82) is 0 Å². The number of amides is 1. The number of rotatable bonds is 4. The zero-order chi connectivity index (χ0) is 20.7. The minimum absolute atomic E-state index is 0.0560. The second-order valence-corrected chi connectivity index (χ2v) is 8.36. The van der Waals surface area contributed by atoms with Crippen molar-refractivity contribution >= 4 is 39.1 Å². The van der Waals surface area contributed by atoms with E-state index in [9.17, 15) is 14.4 Å². The van der Waals surface area contributed by atoms with Crippen LogP contribution in [0.3, 0.4) is 0 Å². The molecule has 3 heterocycles. The summed E-state index contributed by atoms with van der Waals surface area (Å²) in [6.07, 6.45) is 0.613. The normalized spacial score (nSPS) is 15.1. The summed E-state index contributed by atoms with van der Waals surface area (Å²) in [6, 6.07) is 6.83. The minimum Gasteiger partial charge on any atom is -0.451 e. The van der Waals surface area contributed by atoms with Crippen LogP contribution in [-0.4, -0.2) is 28.4 Å². The monoisotopic (exact) mass is 411 g/mol. The highest BCUT2D eigenvalue weighted by Gasteiger charge is 2.23. The number of hydrogen-bond acceptors (Lipinski definition) is 6. The molecule has 29 heavy (non-hydrogen) atoms. The molecule has 0 radical (unpaired) electrons. The average molecular weight is 411 g/mol. The van der Waals surface area contributed by atoms with Crippen molar-refractivity contribution in [2.45, 2.75) is 39.7 Å². The number of thiophene rings is 1. The first-order valence-corrected chi connectivity index (χ1v) is 10.3. The van der Waals surface area contributed by atoms with E-state index in [0.717, 1.165) is 16.9 Å². The van der Waals surface area contributed by atoms with E-state index in [2.05, 4.69) is 9.97 Å². The van der Waals surface area contributed by atoms with Gasteiger partial charge in [0.2, 0.25) is 5.91 Å². The molecule has 8 heteroatoms. The summed E-state index contributed by atoms with van der Waals surface area (Å²) in [4.78, 5) is 47.6. The summed E-state index contributed by atoms with van der Waals surface area (Å²) >= 11 is 1.45. The van der Waals surface area contributed by atoms with Crippen LogP contribution < -0.4 is 10.5 Å². The van der Waals surface area contributed by atoms with Gasteiger partial charge < -0.3 is 14.6 Å². The maximum atomic E-state index is 12.6. The van der Waals surface area contributed by atoms with E-state index < -0.39 is 12.1 Å². The van der Waals surface area contributed by atoms with E-state index in [1.54, 1.807) is 36.1 Å². The molecule has 1 atom stereocenters. The van der Waals surface area contributed by atoms with Gasteiger partial charge in [0, 0.05) is 23.5 Å². The summed E-state index contributed by atoms with van der Waals surface area (Å²) < 4.78 is 5.54. The lowest BCUT2D eigenvalue weighted by Crippen LogP contribution is -2.24. The molecule has 0 saturated carbocycles. The molecule has 0 spiro atoms. The van der Waals surface area contributed by atoms with Crippen LogP contribution in [0.15, 0.2) is 29.1 Å². The van der Waals surface area contributed by atoms with Crippen molar-refractivity contribution in [2.24, 2.45) is 0 Å². The SMILES string of the molecule is Cc1sc2nc([C@H](C)OC(=O)c3cccc(N4CCCC4=O)c3)[nH]c(=O)c2c1C. The van der Waals surface area contributed by atoms with Crippen molar-refractivity contribution < 1.29 is 14.3 Å². The molecule has 4 rings (SSSR count).